The molecule has 31 heavy (non-hydrogen) atoms. The number of amides is 1. The Balaban J connectivity index is 1.62. The van der Waals surface area contributed by atoms with Crippen molar-refractivity contribution < 1.29 is 4.79 Å². The van der Waals surface area contributed by atoms with Crippen LogP contribution in [0.1, 0.15) is 56.5 Å². The van der Waals surface area contributed by atoms with Gasteiger partial charge in [0.15, 0.2) is 5.96 Å². The highest BCUT2D eigenvalue weighted by Crippen LogP contribution is 2.24. The van der Waals surface area contributed by atoms with Crippen molar-refractivity contribution in [1.82, 2.24) is 25.7 Å². The quantitative estimate of drug-likeness (QED) is 0.491. The molecule has 0 aliphatic heterocycles. The Kier molecular flexibility index (Phi) is 7.71. The molecule has 1 aromatic carbocycles. The fourth-order valence-electron chi connectivity index (χ4n) is 4.27. The zero-order valence-corrected chi connectivity index (χ0v) is 19.4. The highest BCUT2D eigenvalue weighted by atomic mass is 16.1. The number of carbonyl (C=O) groups is 1. The zero-order valence-electron chi connectivity index (χ0n) is 19.4. The molecule has 2 atom stereocenters. The van der Waals surface area contributed by atoms with E-state index in [0.29, 0.717) is 6.54 Å². The number of benzene rings is 1. The van der Waals surface area contributed by atoms with Gasteiger partial charge in [0, 0.05) is 37.3 Å². The van der Waals surface area contributed by atoms with Gasteiger partial charge < -0.3 is 16.0 Å². The minimum Gasteiger partial charge on any atom is -0.354 e. The van der Waals surface area contributed by atoms with Gasteiger partial charge >= 0.3 is 0 Å². The Labute approximate surface area is 185 Å². The lowest BCUT2D eigenvalue weighted by atomic mass is 9.85. The van der Waals surface area contributed by atoms with Gasteiger partial charge in [0.05, 0.1) is 11.4 Å². The lowest BCUT2D eigenvalue weighted by molar-refractivity contribution is -0.126. The number of para-hydroxylation sites is 1. The maximum Gasteiger partial charge on any atom is 0.223 e. The smallest absolute Gasteiger partial charge is 0.223 e. The normalized spacial score (nSPS) is 19.4. The molecule has 0 radical (unpaired) electrons. The van der Waals surface area contributed by atoms with Gasteiger partial charge in [-0.1, -0.05) is 24.6 Å². The van der Waals surface area contributed by atoms with Crippen molar-refractivity contribution in [2.45, 2.75) is 72.0 Å². The summed E-state index contributed by atoms with van der Waals surface area (Å²) in [4.78, 5) is 16.8. The third-order valence-corrected chi connectivity index (χ3v) is 5.72. The summed E-state index contributed by atoms with van der Waals surface area (Å²) in [5.74, 6) is 1.000. The van der Waals surface area contributed by atoms with Crippen molar-refractivity contribution >= 4 is 11.9 Å². The summed E-state index contributed by atoms with van der Waals surface area (Å²) in [6.07, 6.45) is 3.89. The van der Waals surface area contributed by atoms with E-state index in [0.717, 1.165) is 54.3 Å². The van der Waals surface area contributed by atoms with Gasteiger partial charge in [-0.05, 0) is 64.7 Å². The molecule has 7 heteroatoms. The Bertz CT molecular complexity index is 917. The maximum absolute atomic E-state index is 12.4. The average molecular weight is 425 g/mol. The topological polar surface area (TPSA) is 83.3 Å². The highest BCUT2D eigenvalue weighted by Gasteiger charge is 2.28. The van der Waals surface area contributed by atoms with Gasteiger partial charge in [-0.2, -0.15) is 5.10 Å². The first-order valence-corrected chi connectivity index (χ1v) is 11.3. The molecule has 168 valence electrons. The van der Waals surface area contributed by atoms with E-state index in [1.54, 1.807) is 7.05 Å². The molecule has 1 aliphatic rings. The van der Waals surface area contributed by atoms with Crippen molar-refractivity contribution in [2.75, 3.05) is 7.05 Å². The monoisotopic (exact) mass is 424 g/mol. The fourth-order valence-corrected chi connectivity index (χ4v) is 4.27. The molecule has 3 N–H and O–H groups in total. The molecule has 1 aliphatic carbocycles. The maximum atomic E-state index is 12.4. The summed E-state index contributed by atoms with van der Waals surface area (Å²) in [5, 5.41) is 14.7. The third-order valence-electron chi connectivity index (χ3n) is 5.72. The van der Waals surface area contributed by atoms with E-state index in [-0.39, 0.29) is 23.9 Å². The van der Waals surface area contributed by atoms with Crippen molar-refractivity contribution in [2.24, 2.45) is 10.9 Å². The zero-order chi connectivity index (χ0) is 22.4. The summed E-state index contributed by atoms with van der Waals surface area (Å²) in [6, 6.07) is 10.8. The van der Waals surface area contributed by atoms with Crippen molar-refractivity contribution in [1.29, 1.82) is 0 Å². The van der Waals surface area contributed by atoms with Gasteiger partial charge in [0.25, 0.3) is 0 Å². The van der Waals surface area contributed by atoms with Crippen molar-refractivity contribution in [3.8, 4) is 5.69 Å². The van der Waals surface area contributed by atoms with Crippen LogP contribution in [-0.4, -0.2) is 40.8 Å². The lowest BCUT2D eigenvalue weighted by Crippen LogP contribution is -2.47. The molecule has 1 aromatic heterocycles. The number of aromatic nitrogens is 2. The molecule has 3 rings (SSSR count). The van der Waals surface area contributed by atoms with Crippen LogP contribution in [0.5, 0.6) is 0 Å². The number of aliphatic imine (C=N–C) groups is 1. The van der Waals surface area contributed by atoms with Gasteiger partial charge in [-0.3, -0.25) is 9.79 Å². The van der Waals surface area contributed by atoms with Crippen molar-refractivity contribution in [3.05, 3.63) is 47.3 Å². The minimum atomic E-state index is 0.0681. The molecule has 7 nitrogen and oxygen atoms in total. The van der Waals surface area contributed by atoms with E-state index in [2.05, 4.69) is 51.2 Å². The van der Waals surface area contributed by atoms with Gasteiger partial charge in [-0.25, -0.2) is 4.68 Å². The second-order valence-electron chi connectivity index (χ2n) is 8.76. The first-order chi connectivity index (χ1) is 14.9. The largest absolute Gasteiger partial charge is 0.354 e. The van der Waals surface area contributed by atoms with Crippen LogP contribution < -0.4 is 16.0 Å². The molecular formula is C24H36N6O. The predicted octanol–water partition coefficient (Wildman–Crippen LogP) is 3.24. The summed E-state index contributed by atoms with van der Waals surface area (Å²) in [5.41, 5.74) is 4.33. The highest BCUT2D eigenvalue weighted by molar-refractivity contribution is 5.81. The summed E-state index contributed by atoms with van der Waals surface area (Å²) in [6.45, 7) is 8.73. The Morgan fingerprint density at radius 3 is 2.71 bits per heavy atom. The van der Waals surface area contributed by atoms with Crippen LogP contribution in [0.4, 0.5) is 0 Å². The second-order valence-corrected chi connectivity index (χ2v) is 8.76. The molecule has 1 amide bonds. The average Bonchev–Trinajstić information content (AvgIpc) is 3.08. The molecule has 2 unspecified atom stereocenters. The van der Waals surface area contributed by atoms with Gasteiger partial charge in [0.2, 0.25) is 5.91 Å². The van der Waals surface area contributed by atoms with Crippen LogP contribution in [0.2, 0.25) is 0 Å². The molecule has 0 bridgehead atoms. The number of hydrogen-bond acceptors (Lipinski definition) is 3. The van der Waals surface area contributed by atoms with Gasteiger partial charge in [-0.15, -0.1) is 0 Å². The van der Waals surface area contributed by atoms with E-state index in [4.69, 9.17) is 0 Å². The first-order valence-electron chi connectivity index (χ1n) is 11.3. The molecule has 0 spiro atoms. The second kappa shape index (κ2) is 10.5. The molecular weight excluding hydrogens is 388 g/mol. The van der Waals surface area contributed by atoms with Crippen LogP contribution >= 0.6 is 0 Å². The summed E-state index contributed by atoms with van der Waals surface area (Å²) >= 11 is 0. The molecule has 2 aromatic rings. The fraction of sp³-hybridized carbons (Fsp3) is 0.542. The minimum absolute atomic E-state index is 0.0681. The first kappa shape index (κ1) is 22.8. The number of carbonyl (C=O) groups excluding carboxylic acids is 1. The molecule has 1 saturated carbocycles. The van der Waals surface area contributed by atoms with E-state index in [9.17, 15) is 4.79 Å². The van der Waals surface area contributed by atoms with E-state index in [1.165, 1.54) is 0 Å². The van der Waals surface area contributed by atoms with E-state index < -0.39 is 0 Å². The van der Waals surface area contributed by atoms with E-state index >= 15 is 0 Å². The van der Waals surface area contributed by atoms with Crippen LogP contribution in [0.25, 0.3) is 5.69 Å². The standard InChI is InChI=1S/C24H36N6O/c1-16(2)27-23(31)19-10-8-11-21(14-19)28-24(25-5)26-15-20-9-6-7-12-22(20)30-18(4)13-17(3)29-30/h6-7,9,12-13,16,19,21H,8,10-11,14-15H2,1-5H3,(H,27,31)(H2,25,26,28). The third kappa shape index (κ3) is 6.09. The molecule has 0 saturated heterocycles. The number of nitrogens with one attached hydrogen (secondary N) is 3. The van der Waals surface area contributed by atoms with Crippen LogP contribution in [0.3, 0.4) is 0 Å². The number of guanidine groups is 1. The predicted molar refractivity (Wildman–Crippen MR) is 125 cm³/mol. The lowest BCUT2D eigenvalue weighted by Gasteiger charge is -2.30. The Morgan fingerprint density at radius 1 is 1.26 bits per heavy atom. The van der Waals surface area contributed by atoms with Crippen LogP contribution in [0, 0.1) is 19.8 Å². The molecule has 1 fully saturated rings. The van der Waals surface area contributed by atoms with Crippen LogP contribution in [0.15, 0.2) is 35.3 Å². The number of rotatable bonds is 6. The number of hydrogen-bond donors (Lipinski definition) is 3. The molecule has 1 heterocycles. The summed E-state index contributed by atoms with van der Waals surface area (Å²) < 4.78 is 1.99. The summed E-state index contributed by atoms with van der Waals surface area (Å²) in [7, 11) is 1.79. The Hall–Kier alpha value is -2.83. The number of aryl methyl sites for hydroxylation is 2. The van der Waals surface area contributed by atoms with Gasteiger partial charge in [0.1, 0.15) is 0 Å². The number of nitrogens with zero attached hydrogens (tertiary/aromatic N) is 3. The Morgan fingerprint density at radius 2 is 2.03 bits per heavy atom. The van der Waals surface area contributed by atoms with E-state index in [1.807, 2.05) is 37.6 Å². The SMILES string of the molecule is CN=C(NCc1ccccc1-n1nc(C)cc1C)NC1CCCC(C(=O)NC(C)C)C1. The van der Waals surface area contributed by atoms with Crippen LogP contribution in [-0.2, 0) is 11.3 Å². The van der Waals surface area contributed by atoms with Crippen molar-refractivity contribution in [3.63, 3.8) is 0 Å².